The van der Waals surface area contributed by atoms with Gasteiger partial charge >= 0.3 is 0 Å². The predicted molar refractivity (Wildman–Crippen MR) is 94.3 cm³/mol. The topological polar surface area (TPSA) is 78.9 Å². The molecule has 0 radical (unpaired) electrons. The van der Waals surface area contributed by atoms with Crippen molar-refractivity contribution in [2.45, 2.75) is 26.2 Å². The summed E-state index contributed by atoms with van der Waals surface area (Å²) >= 11 is 6.44. The second kappa shape index (κ2) is 8.40. The minimum atomic E-state index is -0.0467. The van der Waals surface area contributed by atoms with Crippen molar-refractivity contribution < 1.29 is 4.79 Å². The van der Waals surface area contributed by atoms with E-state index in [-0.39, 0.29) is 5.91 Å². The molecule has 0 saturated heterocycles. The first kappa shape index (κ1) is 16.3. The standard InChI is InChI=1S/C14H17N5OS2/c1-2-3-9-11(20)16-13-18-19-14(22-13)17-12(21)15-10-7-5-4-6-8-10/h4-8H,2-3,9H2,1H3,(H,16,18,20)(H2,15,17,19,21). The number of rotatable bonds is 6. The lowest BCUT2D eigenvalue weighted by Crippen LogP contribution is -2.18. The van der Waals surface area contributed by atoms with Crippen molar-refractivity contribution in [3.05, 3.63) is 30.3 Å². The van der Waals surface area contributed by atoms with Crippen LogP contribution in [0.4, 0.5) is 16.0 Å². The highest BCUT2D eigenvalue weighted by Gasteiger charge is 2.08. The molecule has 1 amide bonds. The monoisotopic (exact) mass is 335 g/mol. The van der Waals surface area contributed by atoms with Gasteiger partial charge in [0.2, 0.25) is 16.2 Å². The highest BCUT2D eigenvalue weighted by Crippen LogP contribution is 2.20. The Labute approximate surface area is 138 Å². The summed E-state index contributed by atoms with van der Waals surface area (Å²) in [5.74, 6) is -0.0467. The smallest absolute Gasteiger partial charge is 0.226 e. The van der Waals surface area contributed by atoms with Crippen molar-refractivity contribution in [2.24, 2.45) is 0 Å². The molecule has 0 aliphatic carbocycles. The molecule has 0 spiro atoms. The van der Waals surface area contributed by atoms with Crippen molar-refractivity contribution in [1.82, 2.24) is 10.2 Å². The van der Waals surface area contributed by atoms with E-state index < -0.39 is 0 Å². The van der Waals surface area contributed by atoms with E-state index >= 15 is 0 Å². The molecular weight excluding hydrogens is 318 g/mol. The predicted octanol–water partition coefficient (Wildman–Crippen LogP) is 3.48. The molecule has 1 aromatic carbocycles. The normalized spacial score (nSPS) is 10.0. The number of amides is 1. The van der Waals surface area contributed by atoms with Crippen LogP contribution in [0, 0.1) is 0 Å². The van der Waals surface area contributed by atoms with Gasteiger partial charge in [-0.2, -0.15) is 0 Å². The SMILES string of the molecule is CCCCC(=O)Nc1nnc(NC(=S)Nc2ccccc2)s1. The second-order valence-corrected chi connectivity index (χ2v) is 5.90. The third-order valence-electron chi connectivity index (χ3n) is 2.68. The van der Waals surface area contributed by atoms with E-state index in [0.29, 0.717) is 21.8 Å². The van der Waals surface area contributed by atoms with Crippen LogP contribution in [0.15, 0.2) is 30.3 Å². The van der Waals surface area contributed by atoms with Crippen LogP contribution in [-0.4, -0.2) is 21.2 Å². The van der Waals surface area contributed by atoms with Gasteiger partial charge in [-0.3, -0.25) is 4.79 Å². The summed E-state index contributed by atoms with van der Waals surface area (Å²) in [6.45, 7) is 2.04. The van der Waals surface area contributed by atoms with Gasteiger partial charge in [0.15, 0.2) is 5.11 Å². The lowest BCUT2D eigenvalue weighted by molar-refractivity contribution is -0.116. The first-order chi connectivity index (χ1) is 10.7. The lowest BCUT2D eigenvalue weighted by Gasteiger charge is -2.07. The number of nitrogens with one attached hydrogen (secondary N) is 3. The van der Waals surface area contributed by atoms with Crippen LogP contribution < -0.4 is 16.0 Å². The molecule has 8 heteroatoms. The third-order valence-corrected chi connectivity index (χ3v) is 3.64. The Hall–Kier alpha value is -2.06. The number of benzene rings is 1. The zero-order valence-electron chi connectivity index (χ0n) is 12.1. The maximum atomic E-state index is 11.6. The van der Waals surface area contributed by atoms with Crippen molar-refractivity contribution in [2.75, 3.05) is 16.0 Å². The van der Waals surface area contributed by atoms with Gasteiger partial charge in [-0.15, -0.1) is 10.2 Å². The molecule has 22 heavy (non-hydrogen) atoms. The average Bonchev–Trinajstić information content (AvgIpc) is 2.93. The van der Waals surface area contributed by atoms with E-state index in [0.717, 1.165) is 18.5 Å². The number of carbonyl (C=O) groups is 1. The van der Waals surface area contributed by atoms with Gasteiger partial charge < -0.3 is 16.0 Å². The Morgan fingerprint density at radius 3 is 2.50 bits per heavy atom. The Balaban J connectivity index is 1.84. The summed E-state index contributed by atoms with van der Waals surface area (Å²) in [4.78, 5) is 11.6. The van der Waals surface area contributed by atoms with Crippen LogP contribution in [0.1, 0.15) is 26.2 Å². The largest absolute Gasteiger partial charge is 0.332 e. The number of nitrogens with zero attached hydrogens (tertiary/aromatic N) is 2. The zero-order valence-corrected chi connectivity index (χ0v) is 13.8. The minimum Gasteiger partial charge on any atom is -0.332 e. The van der Waals surface area contributed by atoms with Gasteiger partial charge in [0, 0.05) is 12.1 Å². The van der Waals surface area contributed by atoms with Crippen LogP contribution in [0.3, 0.4) is 0 Å². The molecule has 2 rings (SSSR count). The van der Waals surface area contributed by atoms with Crippen molar-refractivity contribution >= 4 is 50.5 Å². The minimum absolute atomic E-state index is 0.0467. The van der Waals surface area contributed by atoms with Crippen molar-refractivity contribution in [3.63, 3.8) is 0 Å². The molecule has 0 saturated carbocycles. The number of carbonyl (C=O) groups excluding carboxylic acids is 1. The van der Waals surface area contributed by atoms with E-state index in [1.165, 1.54) is 11.3 Å². The van der Waals surface area contributed by atoms with Crippen LogP contribution in [0.2, 0.25) is 0 Å². The van der Waals surface area contributed by atoms with Crippen molar-refractivity contribution in [3.8, 4) is 0 Å². The number of thiocarbonyl (C=S) groups is 1. The van der Waals surface area contributed by atoms with Gasteiger partial charge in [0.1, 0.15) is 0 Å². The highest BCUT2D eigenvalue weighted by atomic mass is 32.1. The summed E-state index contributed by atoms with van der Waals surface area (Å²) in [5, 5.41) is 18.0. The molecule has 0 aliphatic heterocycles. The average molecular weight is 335 g/mol. The van der Waals surface area contributed by atoms with E-state index in [9.17, 15) is 4.79 Å². The van der Waals surface area contributed by atoms with Gasteiger partial charge in [-0.1, -0.05) is 42.9 Å². The molecule has 1 aromatic heterocycles. The first-order valence-electron chi connectivity index (χ1n) is 6.94. The Bertz CT molecular complexity index is 629. The summed E-state index contributed by atoms with van der Waals surface area (Å²) in [6.07, 6.45) is 2.34. The maximum Gasteiger partial charge on any atom is 0.226 e. The fourth-order valence-corrected chi connectivity index (χ4v) is 2.57. The van der Waals surface area contributed by atoms with Crippen LogP contribution >= 0.6 is 23.6 Å². The van der Waals surface area contributed by atoms with Crippen molar-refractivity contribution in [1.29, 1.82) is 0 Å². The molecule has 0 atom stereocenters. The van der Waals surface area contributed by atoms with E-state index in [1.807, 2.05) is 37.3 Å². The zero-order chi connectivity index (χ0) is 15.8. The second-order valence-electron chi connectivity index (χ2n) is 4.51. The number of para-hydroxylation sites is 1. The van der Waals surface area contributed by atoms with E-state index in [4.69, 9.17) is 12.2 Å². The van der Waals surface area contributed by atoms with Gasteiger partial charge in [-0.25, -0.2) is 0 Å². The van der Waals surface area contributed by atoms with Crippen LogP contribution in [-0.2, 0) is 4.79 Å². The lowest BCUT2D eigenvalue weighted by atomic mass is 10.2. The summed E-state index contributed by atoms with van der Waals surface area (Å²) in [6, 6.07) is 9.58. The number of hydrogen-bond acceptors (Lipinski definition) is 5. The quantitative estimate of drug-likeness (QED) is 0.702. The molecule has 0 unspecified atom stereocenters. The van der Waals surface area contributed by atoms with Gasteiger partial charge in [-0.05, 0) is 30.8 Å². The fraction of sp³-hybridized carbons (Fsp3) is 0.286. The molecule has 116 valence electrons. The van der Waals surface area contributed by atoms with Crippen LogP contribution in [0.5, 0.6) is 0 Å². The number of hydrogen-bond donors (Lipinski definition) is 3. The Morgan fingerprint density at radius 2 is 1.82 bits per heavy atom. The number of anilines is 3. The summed E-state index contributed by atoms with van der Waals surface area (Å²) < 4.78 is 0. The molecular formula is C14H17N5OS2. The Kier molecular flexibility index (Phi) is 6.23. The summed E-state index contributed by atoms with van der Waals surface area (Å²) in [5.41, 5.74) is 0.887. The van der Waals surface area contributed by atoms with E-state index in [2.05, 4.69) is 26.1 Å². The molecule has 3 N–H and O–H groups in total. The summed E-state index contributed by atoms with van der Waals surface area (Å²) in [7, 11) is 0. The number of unbranched alkanes of at least 4 members (excludes halogenated alkanes) is 1. The molecule has 1 heterocycles. The number of aromatic nitrogens is 2. The molecule has 2 aromatic rings. The molecule has 6 nitrogen and oxygen atoms in total. The van der Waals surface area contributed by atoms with Gasteiger partial charge in [0.25, 0.3) is 0 Å². The molecule has 0 bridgehead atoms. The third kappa shape index (κ3) is 5.38. The molecule has 0 fully saturated rings. The van der Waals surface area contributed by atoms with Gasteiger partial charge in [0.05, 0.1) is 0 Å². The highest BCUT2D eigenvalue weighted by molar-refractivity contribution is 7.80. The van der Waals surface area contributed by atoms with E-state index in [1.54, 1.807) is 0 Å². The first-order valence-corrected chi connectivity index (χ1v) is 8.16. The Morgan fingerprint density at radius 1 is 1.14 bits per heavy atom. The maximum absolute atomic E-state index is 11.6. The fourth-order valence-electron chi connectivity index (χ4n) is 1.62. The molecule has 0 aliphatic rings. The van der Waals surface area contributed by atoms with Crippen LogP contribution in [0.25, 0.3) is 0 Å².